The molecule has 2 aromatic heterocycles. The monoisotopic (exact) mass is 396 g/mol. The van der Waals surface area contributed by atoms with Crippen molar-refractivity contribution in [3.8, 4) is 5.75 Å². The van der Waals surface area contributed by atoms with Gasteiger partial charge in [-0.2, -0.15) is 8.75 Å². The average Bonchev–Trinajstić information content (AvgIpc) is 3.25. The minimum Gasteiger partial charge on any atom is -0.487 e. The summed E-state index contributed by atoms with van der Waals surface area (Å²) in [6.07, 6.45) is 0. The van der Waals surface area contributed by atoms with Crippen molar-refractivity contribution in [3.05, 3.63) is 65.0 Å². The predicted octanol–water partition coefficient (Wildman–Crippen LogP) is 4.60. The van der Waals surface area contributed by atoms with Crippen molar-refractivity contribution >= 4 is 44.3 Å². The van der Waals surface area contributed by atoms with Crippen LogP contribution in [0.15, 0.2) is 42.5 Å². The van der Waals surface area contributed by atoms with Gasteiger partial charge in [-0.15, -0.1) is 0 Å². The summed E-state index contributed by atoms with van der Waals surface area (Å²) in [5.41, 5.74) is 4.30. The zero-order valence-electron chi connectivity index (χ0n) is 14.7. The molecule has 27 heavy (non-hydrogen) atoms. The molecular formula is C19H16N4O2S2. The van der Waals surface area contributed by atoms with Crippen LogP contribution in [0.5, 0.6) is 5.75 Å². The molecule has 0 unspecified atom stereocenters. The fourth-order valence-corrected chi connectivity index (χ4v) is 4.00. The van der Waals surface area contributed by atoms with E-state index in [1.54, 1.807) is 24.3 Å². The second kappa shape index (κ2) is 7.42. The maximum Gasteiger partial charge on any atom is 0.257 e. The Morgan fingerprint density at radius 1 is 1.11 bits per heavy atom. The van der Waals surface area contributed by atoms with Crippen LogP contribution in [0.4, 0.5) is 5.13 Å². The van der Waals surface area contributed by atoms with Crippen LogP contribution < -0.4 is 10.1 Å². The van der Waals surface area contributed by atoms with Crippen LogP contribution >= 0.6 is 23.1 Å². The molecule has 2 aromatic carbocycles. The molecule has 0 fully saturated rings. The number of nitrogens with one attached hydrogen (secondary N) is 1. The summed E-state index contributed by atoms with van der Waals surface area (Å²) in [5.74, 6) is 0.478. The number of carbonyl (C=O) groups excluding carboxylic acids is 1. The van der Waals surface area contributed by atoms with Crippen molar-refractivity contribution in [2.24, 2.45) is 0 Å². The van der Waals surface area contributed by atoms with Gasteiger partial charge in [0.2, 0.25) is 0 Å². The Morgan fingerprint density at radius 3 is 2.67 bits per heavy atom. The second-order valence-corrected chi connectivity index (χ2v) is 7.61. The Labute approximate surface area is 164 Å². The quantitative estimate of drug-likeness (QED) is 0.534. The first-order valence-electron chi connectivity index (χ1n) is 8.28. The largest absolute Gasteiger partial charge is 0.487 e. The van der Waals surface area contributed by atoms with Gasteiger partial charge in [-0.25, -0.2) is 4.98 Å². The molecule has 0 saturated heterocycles. The van der Waals surface area contributed by atoms with Gasteiger partial charge >= 0.3 is 0 Å². The lowest BCUT2D eigenvalue weighted by Gasteiger charge is -2.06. The summed E-state index contributed by atoms with van der Waals surface area (Å²) >= 11 is 2.64. The molecule has 4 rings (SSSR count). The highest BCUT2D eigenvalue weighted by atomic mass is 32.1. The number of ether oxygens (including phenoxy) is 1. The molecule has 0 spiro atoms. The van der Waals surface area contributed by atoms with E-state index in [0.717, 1.165) is 21.6 Å². The summed E-state index contributed by atoms with van der Waals surface area (Å²) in [6, 6.07) is 13.0. The summed E-state index contributed by atoms with van der Waals surface area (Å²) < 4.78 is 15.1. The number of nitrogens with zero attached hydrogens (tertiary/aromatic N) is 3. The van der Waals surface area contributed by atoms with E-state index in [2.05, 4.69) is 25.1 Å². The number of anilines is 1. The lowest BCUT2D eigenvalue weighted by Crippen LogP contribution is -2.11. The molecule has 6 nitrogen and oxygen atoms in total. The molecule has 0 aliphatic carbocycles. The highest BCUT2D eigenvalue weighted by molar-refractivity contribution is 7.22. The molecule has 4 aromatic rings. The number of aryl methyl sites for hydroxylation is 2. The van der Waals surface area contributed by atoms with Crippen molar-refractivity contribution in [1.82, 2.24) is 13.7 Å². The number of thiazole rings is 1. The molecule has 0 radical (unpaired) electrons. The molecule has 1 N–H and O–H groups in total. The first kappa shape index (κ1) is 17.6. The number of rotatable bonds is 5. The zero-order valence-corrected chi connectivity index (χ0v) is 16.4. The third-order valence-electron chi connectivity index (χ3n) is 4.00. The number of hydrogen-bond donors (Lipinski definition) is 1. The SMILES string of the molecule is Cc1ccc2nc(NC(=O)c3ccc(OCc4nsnc4C)cc3)sc2c1. The third kappa shape index (κ3) is 3.96. The Kier molecular flexibility index (Phi) is 4.83. The van der Waals surface area contributed by atoms with Gasteiger partial charge in [0.1, 0.15) is 18.1 Å². The average molecular weight is 396 g/mol. The zero-order chi connectivity index (χ0) is 18.8. The van der Waals surface area contributed by atoms with Crippen LogP contribution in [0.1, 0.15) is 27.3 Å². The highest BCUT2D eigenvalue weighted by Gasteiger charge is 2.11. The van der Waals surface area contributed by atoms with Gasteiger partial charge in [-0.3, -0.25) is 10.1 Å². The lowest BCUT2D eigenvalue weighted by molar-refractivity contribution is 0.102. The molecule has 0 atom stereocenters. The number of hydrogen-bond acceptors (Lipinski definition) is 7. The molecule has 8 heteroatoms. The van der Waals surface area contributed by atoms with Crippen LogP contribution in [-0.2, 0) is 6.61 Å². The Bertz CT molecular complexity index is 1100. The van der Waals surface area contributed by atoms with Crippen LogP contribution in [0, 0.1) is 13.8 Å². The molecule has 136 valence electrons. The minimum absolute atomic E-state index is 0.197. The number of amides is 1. The topological polar surface area (TPSA) is 77.0 Å². The Hall–Kier alpha value is -2.84. The number of benzene rings is 2. The highest BCUT2D eigenvalue weighted by Crippen LogP contribution is 2.27. The normalized spacial score (nSPS) is 10.9. The van der Waals surface area contributed by atoms with Gasteiger partial charge in [-0.05, 0) is 55.8 Å². The van der Waals surface area contributed by atoms with Gasteiger partial charge < -0.3 is 4.74 Å². The first-order valence-corrected chi connectivity index (χ1v) is 9.82. The smallest absolute Gasteiger partial charge is 0.257 e. The minimum atomic E-state index is -0.197. The summed E-state index contributed by atoms with van der Waals surface area (Å²) in [6.45, 7) is 4.30. The fraction of sp³-hybridized carbons (Fsp3) is 0.158. The molecule has 0 aliphatic heterocycles. The summed E-state index contributed by atoms with van der Waals surface area (Å²) in [7, 11) is 0. The maximum absolute atomic E-state index is 12.5. The van der Waals surface area contributed by atoms with Crippen LogP contribution in [0.3, 0.4) is 0 Å². The standard InChI is InChI=1S/C19H16N4O2S2/c1-11-3-8-15-17(9-11)26-19(20-15)21-18(24)13-4-6-14(7-5-13)25-10-16-12(2)22-27-23-16/h3-9H,10H2,1-2H3,(H,20,21,24). The van der Waals surface area contributed by atoms with Crippen molar-refractivity contribution in [2.45, 2.75) is 20.5 Å². The number of fused-ring (bicyclic) bond motifs is 1. The molecule has 0 saturated carbocycles. The van der Waals surface area contributed by atoms with Crippen LogP contribution in [0.25, 0.3) is 10.2 Å². The van der Waals surface area contributed by atoms with E-state index in [4.69, 9.17) is 4.74 Å². The van der Waals surface area contributed by atoms with E-state index in [1.165, 1.54) is 28.6 Å². The summed E-state index contributed by atoms with van der Waals surface area (Å²) in [5, 5.41) is 3.45. The van der Waals surface area contributed by atoms with E-state index in [-0.39, 0.29) is 5.91 Å². The third-order valence-corrected chi connectivity index (χ3v) is 5.59. The summed E-state index contributed by atoms with van der Waals surface area (Å²) in [4.78, 5) is 16.9. The molecule has 0 bridgehead atoms. The van der Waals surface area contributed by atoms with Gasteiger partial charge in [0.15, 0.2) is 5.13 Å². The fourth-order valence-electron chi connectivity index (χ4n) is 2.49. The first-order chi connectivity index (χ1) is 13.1. The maximum atomic E-state index is 12.5. The molecule has 1 amide bonds. The van der Waals surface area contributed by atoms with Gasteiger partial charge in [0.05, 0.1) is 27.6 Å². The van der Waals surface area contributed by atoms with Gasteiger partial charge in [0.25, 0.3) is 5.91 Å². The number of aromatic nitrogens is 3. The van der Waals surface area contributed by atoms with E-state index < -0.39 is 0 Å². The van der Waals surface area contributed by atoms with E-state index in [9.17, 15) is 4.79 Å². The Morgan fingerprint density at radius 2 is 1.93 bits per heavy atom. The van der Waals surface area contributed by atoms with Gasteiger partial charge in [-0.1, -0.05) is 17.4 Å². The van der Waals surface area contributed by atoms with E-state index >= 15 is 0 Å². The molecule has 2 heterocycles. The second-order valence-electron chi connectivity index (χ2n) is 6.05. The lowest BCUT2D eigenvalue weighted by atomic mass is 10.2. The molecule has 0 aliphatic rings. The van der Waals surface area contributed by atoms with Crippen molar-refractivity contribution in [3.63, 3.8) is 0 Å². The van der Waals surface area contributed by atoms with Gasteiger partial charge in [0, 0.05) is 5.56 Å². The van der Waals surface area contributed by atoms with E-state index in [0.29, 0.717) is 23.1 Å². The van der Waals surface area contributed by atoms with Crippen molar-refractivity contribution < 1.29 is 9.53 Å². The van der Waals surface area contributed by atoms with Crippen LogP contribution in [0.2, 0.25) is 0 Å². The van der Waals surface area contributed by atoms with E-state index in [1.807, 2.05) is 26.0 Å². The van der Waals surface area contributed by atoms with Crippen LogP contribution in [-0.4, -0.2) is 19.6 Å². The van der Waals surface area contributed by atoms with Crippen molar-refractivity contribution in [2.75, 3.05) is 5.32 Å². The number of carbonyl (C=O) groups is 1. The Balaban J connectivity index is 1.41. The predicted molar refractivity (Wildman–Crippen MR) is 108 cm³/mol. The molecular weight excluding hydrogens is 380 g/mol. The van der Waals surface area contributed by atoms with Crippen molar-refractivity contribution in [1.29, 1.82) is 0 Å².